The molecule has 8 nitrogen and oxygen atoms in total. The predicted molar refractivity (Wildman–Crippen MR) is 110 cm³/mol. The van der Waals surface area contributed by atoms with Crippen LogP contribution < -0.4 is 15.2 Å². The number of aromatic hydroxyl groups is 1. The van der Waals surface area contributed by atoms with Crippen LogP contribution in [0.2, 0.25) is 0 Å². The van der Waals surface area contributed by atoms with Crippen LogP contribution in [0.3, 0.4) is 0 Å². The van der Waals surface area contributed by atoms with E-state index in [2.05, 4.69) is 14.8 Å². The summed E-state index contributed by atoms with van der Waals surface area (Å²) in [5.74, 6) is 1.50. The van der Waals surface area contributed by atoms with Crippen molar-refractivity contribution in [3.63, 3.8) is 0 Å². The first-order valence-electron chi connectivity index (χ1n) is 10.1. The van der Waals surface area contributed by atoms with E-state index in [1.54, 1.807) is 25.3 Å². The number of morpholine rings is 1. The molecule has 2 aliphatic heterocycles. The largest absolute Gasteiger partial charge is 0.504 e. The lowest BCUT2D eigenvalue weighted by atomic mass is 9.94. The average Bonchev–Trinajstić information content (AvgIpc) is 2.74. The molecule has 2 saturated heterocycles. The Bertz CT molecular complexity index is 894. The molecule has 3 heterocycles. The van der Waals surface area contributed by atoms with Gasteiger partial charge in [-0.25, -0.2) is 4.98 Å². The van der Waals surface area contributed by atoms with E-state index in [1.807, 2.05) is 6.07 Å². The van der Waals surface area contributed by atoms with Crippen LogP contribution >= 0.6 is 0 Å². The van der Waals surface area contributed by atoms with Crippen molar-refractivity contribution >= 4 is 5.95 Å². The van der Waals surface area contributed by atoms with Crippen molar-refractivity contribution in [1.82, 2.24) is 14.9 Å². The van der Waals surface area contributed by atoms with E-state index < -0.39 is 0 Å². The maximum Gasteiger partial charge on any atom is 0.252 e. The number of hydrogen-bond donors (Lipinski definition) is 2. The number of rotatable bonds is 5. The molecule has 2 N–H and O–H groups in total. The second kappa shape index (κ2) is 8.84. The molecule has 0 unspecified atom stereocenters. The highest BCUT2D eigenvalue weighted by Gasteiger charge is 2.24. The lowest BCUT2D eigenvalue weighted by molar-refractivity contribution is 0.122. The summed E-state index contributed by atoms with van der Waals surface area (Å²) >= 11 is 0. The molecular weight excluding hydrogens is 372 g/mol. The van der Waals surface area contributed by atoms with Gasteiger partial charge in [0.05, 0.1) is 26.0 Å². The van der Waals surface area contributed by atoms with Gasteiger partial charge in [-0.1, -0.05) is 6.07 Å². The standard InChI is InChI=1S/C21H28N4O4/c1-28-19-5-4-15(11-18(19)26)13-24-6-2-3-16(14-24)17-12-20(27)23-21(22-17)25-7-9-29-10-8-25/h4-5,11-12,16,26H,2-3,6-10,13-14H2,1H3,(H,22,23,27)/t16-/m1/s1. The predicted octanol–water partition coefficient (Wildman–Crippen LogP) is 1.70. The Hall–Kier alpha value is -2.58. The van der Waals surface area contributed by atoms with Crippen molar-refractivity contribution in [3.8, 4) is 11.5 Å². The molecule has 0 spiro atoms. The highest BCUT2D eigenvalue weighted by atomic mass is 16.5. The summed E-state index contributed by atoms with van der Waals surface area (Å²) in [6.45, 7) is 5.36. The van der Waals surface area contributed by atoms with E-state index in [9.17, 15) is 9.90 Å². The van der Waals surface area contributed by atoms with Gasteiger partial charge in [-0.15, -0.1) is 0 Å². The van der Waals surface area contributed by atoms with Crippen molar-refractivity contribution in [3.05, 3.63) is 45.9 Å². The van der Waals surface area contributed by atoms with Gasteiger partial charge in [0.1, 0.15) is 0 Å². The fourth-order valence-corrected chi connectivity index (χ4v) is 4.13. The highest BCUT2D eigenvalue weighted by Crippen LogP contribution is 2.30. The van der Waals surface area contributed by atoms with Crippen molar-refractivity contribution < 1.29 is 14.6 Å². The summed E-state index contributed by atoms with van der Waals surface area (Å²) in [7, 11) is 1.55. The minimum Gasteiger partial charge on any atom is -0.504 e. The number of aromatic nitrogens is 2. The van der Waals surface area contributed by atoms with E-state index in [0.29, 0.717) is 24.9 Å². The smallest absolute Gasteiger partial charge is 0.252 e. The van der Waals surface area contributed by atoms with Crippen LogP contribution in [0.1, 0.15) is 30.0 Å². The number of nitrogens with zero attached hydrogens (tertiary/aromatic N) is 3. The molecule has 0 saturated carbocycles. The Morgan fingerprint density at radius 3 is 2.86 bits per heavy atom. The van der Waals surface area contributed by atoms with Crippen LogP contribution in [0.4, 0.5) is 5.95 Å². The van der Waals surface area contributed by atoms with Crippen LogP contribution in [-0.4, -0.2) is 66.5 Å². The zero-order chi connectivity index (χ0) is 20.2. The van der Waals surface area contributed by atoms with Gasteiger partial charge in [-0.3, -0.25) is 14.7 Å². The number of ether oxygens (including phenoxy) is 2. The normalized spacial score (nSPS) is 20.6. The number of aromatic amines is 1. The quantitative estimate of drug-likeness (QED) is 0.789. The van der Waals surface area contributed by atoms with Crippen molar-refractivity contribution in [1.29, 1.82) is 0 Å². The summed E-state index contributed by atoms with van der Waals surface area (Å²) in [5.41, 5.74) is 1.79. The molecule has 2 fully saturated rings. The molecule has 1 atom stereocenters. The number of H-pyrrole nitrogens is 1. The van der Waals surface area contributed by atoms with Crippen LogP contribution in [0, 0.1) is 0 Å². The van der Waals surface area contributed by atoms with E-state index in [-0.39, 0.29) is 17.2 Å². The molecule has 29 heavy (non-hydrogen) atoms. The van der Waals surface area contributed by atoms with Gasteiger partial charge >= 0.3 is 0 Å². The molecule has 1 aromatic heterocycles. The summed E-state index contributed by atoms with van der Waals surface area (Å²) in [5, 5.41) is 10.0. The molecule has 2 aliphatic rings. The second-order valence-electron chi connectivity index (χ2n) is 7.67. The molecule has 0 radical (unpaired) electrons. The molecule has 0 bridgehead atoms. The lowest BCUT2D eigenvalue weighted by Crippen LogP contribution is -2.39. The summed E-state index contributed by atoms with van der Waals surface area (Å²) in [6.07, 6.45) is 2.07. The minimum atomic E-state index is -0.103. The van der Waals surface area contributed by atoms with Gasteiger partial charge in [0.15, 0.2) is 11.5 Å². The number of phenols is 1. The molecular formula is C21H28N4O4. The third-order valence-electron chi connectivity index (χ3n) is 5.63. The summed E-state index contributed by atoms with van der Waals surface area (Å²) in [4.78, 5) is 24.4. The number of piperidine rings is 1. The van der Waals surface area contributed by atoms with Gasteiger partial charge < -0.3 is 19.5 Å². The minimum absolute atomic E-state index is 0.103. The van der Waals surface area contributed by atoms with Crippen molar-refractivity contribution in [2.24, 2.45) is 0 Å². The Labute approximate surface area is 170 Å². The number of anilines is 1. The summed E-state index contributed by atoms with van der Waals surface area (Å²) < 4.78 is 10.5. The Kier molecular flexibility index (Phi) is 6.01. The third-order valence-corrected chi connectivity index (χ3v) is 5.63. The SMILES string of the molecule is COc1ccc(CN2CCC[C@@H](c3cc(=O)[nH]c(N4CCOCC4)n3)C2)cc1O. The van der Waals surface area contributed by atoms with Crippen molar-refractivity contribution in [2.75, 3.05) is 51.4 Å². The first-order chi connectivity index (χ1) is 14.1. The van der Waals surface area contributed by atoms with Gasteiger partial charge in [-0.2, -0.15) is 0 Å². The zero-order valence-electron chi connectivity index (χ0n) is 16.8. The molecule has 156 valence electrons. The number of likely N-dealkylation sites (tertiary alicyclic amines) is 1. The Morgan fingerprint density at radius 1 is 1.28 bits per heavy atom. The first kappa shape index (κ1) is 19.7. The van der Waals surface area contributed by atoms with E-state index >= 15 is 0 Å². The summed E-state index contributed by atoms with van der Waals surface area (Å²) in [6, 6.07) is 7.16. The number of hydrogen-bond acceptors (Lipinski definition) is 7. The van der Waals surface area contributed by atoms with Gasteiger partial charge in [-0.05, 0) is 37.1 Å². The Morgan fingerprint density at radius 2 is 2.10 bits per heavy atom. The second-order valence-corrected chi connectivity index (χ2v) is 7.67. The maximum atomic E-state index is 12.3. The van der Waals surface area contributed by atoms with E-state index in [0.717, 1.165) is 56.8 Å². The van der Waals surface area contributed by atoms with Crippen LogP contribution in [-0.2, 0) is 11.3 Å². The van der Waals surface area contributed by atoms with Crippen LogP contribution in [0.15, 0.2) is 29.1 Å². The van der Waals surface area contributed by atoms with Crippen molar-refractivity contribution in [2.45, 2.75) is 25.3 Å². The topological polar surface area (TPSA) is 90.9 Å². The van der Waals surface area contributed by atoms with Crippen LogP contribution in [0.5, 0.6) is 11.5 Å². The van der Waals surface area contributed by atoms with Gasteiger partial charge in [0.2, 0.25) is 5.95 Å². The van der Waals surface area contributed by atoms with E-state index in [4.69, 9.17) is 14.5 Å². The van der Waals surface area contributed by atoms with Gasteiger partial charge in [0, 0.05) is 38.2 Å². The first-order valence-corrected chi connectivity index (χ1v) is 10.1. The number of nitrogens with one attached hydrogen (secondary N) is 1. The molecule has 2 aromatic rings. The number of phenolic OH excluding ortho intramolecular Hbond substituents is 1. The fraction of sp³-hybridized carbons (Fsp3) is 0.524. The Balaban J connectivity index is 1.47. The molecule has 0 amide bonds. The number of methoxy groups -OCH3 is 1. The highest BCUT2D eigenvalue weighted by molar-refractivity contribution is 5.41. The zero-order valence-corrected chi connectivity index (χ0v) is 16.8. The van der Waals surface area contributed by atoms with E-state index in [1.165, 1.54) is 0 Å². The average molecular weight is 400 g/mol. The monoisotopic (exact) mass is 400 g/mol. The van der Waals surface area contributed by atoms with Gasteiger partial charge in [0.25, 0.3) is 5.56 Å². The molecule has 4 rings (SSSR count). The van der Waals surface area contributed by atoms with Crippen LogP contribution in [0.25, 0.3) is 0 Å². The molecule has 0 aliphatic carbocycles. The maximum absolute atomic E-state index is 12.3. The lowest BCUT2D eigenvalue weighted by Gasteiger charge is -2.33. The fourth-order valence-electron chi connectivity index (χ4n) is 4.13. The number of benzene rings is 1. The third kappa shape index (κ3) is 4.71. The molecule has 8 heteroatoms. The molecule has 1 aromatic carbocycles.